The monoisotopic (exact) mass is 465 g/mol. The number of carbonyl (C=O) groups is 2. The number of aliphatic hydroxyl groups is 1. The first-order chi connectivity index (χ1) is 16.6. The minimum atomic E-state index is -0.0947. The summed E-state index contributed by atoms with van der Waals surface area (Å²) in [4.78, 5) is 33.4. The van der Waals surface area contributed by atoms with Gasteiger partial charge in [-0.15, -0.1) is 0 Å². The summed E-state index contributed by atoms with van der Waals surface area (Å²) in [5.41, 5.74) is 2.11. The summed E-state index contributed by atoms with van der Waals surface area (Å²) in [6, 6.07) is 9.25. The fourth-order valence-electron chi connectivity index (χ4n) is 4.89. The van der Waals surface area contributed by atoms with E-state index < -0.39 is 0 Å². The van der Waals surface area contributed by atoms with E-state index in [4.69, 9.17) is 4.74 Å². The van der Waals surface area contributed by atoms with Crippen molar-refractivity contribution >= 4 is 11.8 Å². The number of aromatic nitrogens is 1. The number of hydrogen-bond donors (Lipinski definition) is 1. The Morgan fingerprint density at radius 3 is 2.47 bits per heavy atom. The molecule has 2 fully saturated rings. The van der Waals surface area contributed by atoms with E-state index in [1.165, 1.54) is 32.1 Å². The third-order valence-corrected chi connectivity index (χ3v) is 6.91. The Kier molecular flexibility index (Phi) is 8.52. The quantitative estimate of drug-likeness (QED) is 0.646. The Bertz CT molecular complexity index is 966. The predicted molar refractivity (Wildman–Crippen MR) is 129 cm³/mol. The molecule has 1 saturated carbocycles. The summed E-state index contributed by atoms with van der Waals surface area (Å²) in [6.07, 6.45) is 11.2. The molecule has 1 saturated heterocycles. The number of pyridine rings is 1. The molecule has 0 atom stereocenters. The van der Waals surface area contributed by atoms with E-state index in [1.54, 1.807) is 28.3 Å². The summed E-state index contributed by atoms with van der Waals surface area (Å²) in [5.74, 6) is 1.50. The van der Waals surface area contributed by atoms with Gasteiger partial charge in [0, 0.05) is 44.1 Å². The van der Waals surface area contributed by atoms with E-state index in [9.17, 15) is 14.7 Å². The van der Waals surface area contributed by atoms with Crippen LogP contribution in [0, 0.1) is 5.92 Å². The van der Waals surface area contributed by atoms with E-state index in [0.29, 0.717) is 43.9 Å². The Labute approximate surface area is 201 Å². The molecule has 1 aromatic carbocycles. The number of benzene rings is 1. The first kappa shape index (κ1) is 24.2. The maximum absolute atomic E-state index is 13.0. The van der Waals surface area contributed by atoms with Crippen LogP contribution in [0.5, 0.6) is 5.75 Å². The molecular weight excluding hydrogens is 430 g/mol. The topological polar surface area (TPSA) is 83.0 Å². The number of aliphatic hydroxyl groups excluding tert-OH is 1. The molecular formula is C27H35N3O4. The summed E-state index contributed by atoms with van der Waals surface area (Å²) >= 11 is 0. The summed E-state index contributed by atoms with van der Waals surface area (Å²) < 4.78 is 5.96. The van der Waals surface area contributed by atoms with Gasteiger partial charge in [-0.3, -0.25) is 14.6 Å². The Balaban J connectivity index is 1.25. The number of nitrogens with zero attached hydrogens (tertiary/aromatic N) is 3. The molecule has 2 aliphatic rings. The third-order valence-electron chi connectivity index (χ3n) is 6.91. The van der Waals surface area contributed by atoms with E-state index in [1.807, 2.05) is 24.3 Å². The molecule has 1 aliphatic heterocycles. The molecule has 2 aromatic rings. The van der Waals surface area contributed by atoms with Gasteiger partial charge < -0.3 is 19.6 Å². The molecule has 34 heavy (non-hydrogen) atoms. The number of carbonyl (C=O) groups excluding carboxylic acids is 2. The van der Waals surface area contributed by atoms with Crippen molar-refractivity contribution in [2.45, 2.75) is 51.6 Å². The Hall–Kier alpha value is -2.93. The van der Waals surface area contributed by atoms with E-state index in [2.05, 4.69) is 4.98 Å². The third kappa shape index (κ3) is 6.56. The highest BCUT2D eigenvalue weighted by atomic mass is 16.5. The van der Waals surface area contributed by atoms with Crippen molar-refractivity contribution in [3.63, 3.8) is 0 Å². The Morgan fingerprint density at radius 1 is 0.971 bits per heavy atom. The van der Waals surface area contributed by atoms with Gasteiger partial charge in [0.05, 0.1) is 19.6 Å². The highest BCUT2D eigenvalue weighted by molar-refractivity contribution is 5.94. The van der Waals surface area contributed by atoms with Crippen molar-refractivity contribution < 1.29 is 19.4 Å². The predicted octanol–water partition coefficient (Wildman–Crippen LogP) is 3.45. The standard InChI is InChI=1S/C27H35N3O4/c31-20-23-15-22(18-28-19-23)16-26(32)29-10-12-30(13-11-29)27(33)24-7-4-8-25(17-24)34-14-9-21-5-2-1-3-6-21/h4,7-8,15,17-19,21,31H,1-3,5-6,9-14,16,20H2. The van der Waals surface area contributed by atoms with Crippen LogP contribution >= 0.6 is 0 Å². The van der Waals surface area contributed by atoms with Crippen LogP contribution in [-0.4, -0.2) is 64.5 Å². The summed E-state index contributed by atoms with van der Waals surface area (Å²) in [5, 5.41) is 9.25. The average Bonchev–Trinajstić information content (AvgIpc) is 2.89. The number of rotatable bonds is 8. The molecule has 1 aliphatic carbocycles. The SMILES string of the molecule is O=C(Cc1cncc(CO)c1)N1CCN(C(=O)c2cccc(OCCC3CCCCC3)c2)CC1. The van der Waals surface area contributed by atoms with Crippen molar-refractivity contribution in [1.29, 1.82) is 0 Å². The lowest BCUT2D eigenvalue weighted by Gasteiger charge is -2.35. The summed E-state index contributed by atoms with van der Waals surface area (Å²) in [7, 11) is 0. The van der Waals surface area contributed by atoms with Crippen LogP contribution < -0.4 is 4.74 Å². The molecule has 7 nitrogen and oxygen atoms in total. The van der Waals surface area contributed by atoms with Crippen LogP contribution in [0.15, 0.2) is 42.7 Å². The minimum absolute atomic E-state index is 0.0114. The molecule has 0 radical (unpaired) electrons. The first-order valence-corrected chi connectivity index (χ1v) is 12.5. The second-order valence-corrected chi connectivity index (χ2v) is 9.38. The first-order valence-electron chi connectivity index (χ1n) is 12.5. The van der Waals surface area contributed by atoms with Crippen LogP contribution in [0.2, 0.25) is 0 Å². The molecule has 4 rings (SSSR count). The average molecular weight is 466 g/mol. The van der Waals surface area contributed by atoms with Crippen LogP contribution in [0.25, 0.3) is 0 Å². The molecule has 0 bridgehead atoms. The molecule has 1 aromatic heterocycles. The van der Waals surface area contributed by atoms with Crippen molar-refractivity contribution in [1.82, 2.24) is 14.8 Å². The van der Waals surface area contributed by atoms with Gasteiger partial charge in [-0.25, -0.2) is 0 Å². The molecule has 0 spiro atoms. The van der Waals surface area contributed by atoms with Gasteiger partial charge in [0.15, 0.2) is 0 Å². The molecule has 7 heteroatoms. The van der Waals surface area contributed by atoms with Gasteiger partial charge in [0.2, 0.25) is 5.91 Å². The van der Waals surface area contributed by atoms with Crippen LogP contribution in [0.1, 0.15) is 60.0 Å². The lowest BCUT2D eigenvalue weighted by Crippen LogP contribution is -2.51. The number of amides is 2. The zero-order valence-electron chi connectivity index (χ0n) is 19.8. The highest BCUT2D eigenvalue weighted by Crippen LogP contribution is 2.26. The molecule has 2 amide bonds. The molecule has 2 heterocycles. The largest absolute Gasteiger partial charge is 0.494 e. The lowest BCUT2D eigenvalue weighted by molar-refractivity contribution is -0.131. The molecule has 182 valence electrons. The van der Waals surface area contributed by atoms with Gasteiger partial charge in [-0.05, 0) is 47.7 Å². The number of ether oxygens (including phenoxy) is 1. The van der Waals surface area contributed by atoms with Crippen molar-refractivity contribution in [3.05, 3.63) is 59.4 Å². The van der Waals surface area contributed by atoms with Gasteiger partial charge in [-0.2, -0.15) is 0 Å². The zero-order chi connectivity index (χ0) is 23.8. The van der Waals surface area contributed by atoms with Crippen LogP contribution in [0.4, 0.5) is 0 Å². The van der Waals surface area contributed by atoms with Gasteiger partial charge in [0.1, 0.15) is 5.75 Å². The van der Waals surface area contributed by atoms with E-state index >= 15 is 0 Å². The highest BCUT2D eigenvalue weighted by Gasteiger charge is 2.25. The fourth-order valence-corrected chi connectivity index (χ4v) is 4.89. The minimum Gasteiger partial charge on any atom is -0.494 e. The zero-order valence-corrected chi connectivity index (χ0v) is 19.8. The van der Waals surface area contributed by atoms with Crippen molar-refractivity contribution in [2.75, 3.05) is 32.8 Å². The van der Waals surface area contributed by atoms with Gasteiger partial charge in [0.25, 0.3) is 5.91 Å². The number of hydrogen-bond acceptors (Lipinski definition) is 5. The maximum Gasteiger partial charge on any atom is 0.254 e. The van der Waals surface area contributed by atoms with Crippen molar-refractivity contribution in [3.8, 4) is 5.75 Å². The summed E-state index contributed by atoms with van der Waals surface area (Å²) in [6.45, 7) is 2.63. The van der Waals surface area contributed by atoms with Crippen LogP contribution in [0.3, 0.4) is 0 Å². The van der Waals surface area contributed by atoms with Gasteiger partial charge in [-0.1, -0.05) is 38.2 Å². The Morgan fingerprint density at radius 2 is 1.71 bits per heavy atom. The van der Waals surface area contributed by atoms with Crippen molar-refractivity contribution in [2.24, 2.45) is 5.92 Å². The van der Waals surface area contributed by atoms with E-state index in [-0.39, 0.29) is 24.8 Å². The second kappa shape index (κ2) is 12.0. The maximum atomic E-state index is 13.0. The van der Waals surface area contributed by atoms with Crippen LogP contribution in [-0.2, 0) is 17.8 Å². The second-order valence-electron chi connectivity index (χ2n) is 9.38. The molecule has 0 unspecified atom stereocenters. The normalized spacial score (nSPS) is 17.0. The fraction of sp³-hybridized carbons (Fsp3) is 0.519. The van der Waals surface area contributed by atoms with E-state index in [0.717, 1.165) is 23.7 Å². The smallest absolute Gasteiger partial charge is 0.254 e. The van der Waals surface area contributed by atoms with Gasteiger partial charge >= 0.3 is 0 Å². The molecule has 1 N–H and O–H groups in total. The number of piperazine rings is 1. The lowest BCUT2D eigenvalue weighted by atomic mass is 9.87.